The van der Waals surface area contributed by atoms with Crippen molar-refractivity contribution in [1.82, 2.24) is 9.80 Å². The molecular formula is C23H22N2O4S. The van der Waals surface area contributed by atoms with Crippen molar-refractivity contribution in [3.8, 4) is 0 Å². The summed E-state index contributed by atoms with van der Waals surface area (Å²) >= 11 is 1.68. The Labute approximate surface area is 178 Å². The molecule has 7 heteroatoms. The zero-order chi connectivity index (χ0) is 20.9. The molecule has 2 aromatic heterocycles. The molecule has 0 saturated carbocycles. The van der Waals surface area contributed by atoms with Gasteiger partial charge in [-0.05, 0) is 42.5 Å². The number of carbonyl (C=O) groups is 3. The second-order valence-electron chi connectivity index (χ2n) is 7.19. The summed E-state index contributed by atoms with van der Waals surface area (Å²) in [6, 6.07) is 12.7. The van der Waals surface area contributed by atoms with E-state index in [1.807, 2.05) is 22.4 Å². The van der Waals surface area contributed by atoms with Crippen LogP contribution in [0.2, 0.25) is 0 Å². The highest BCUT2D eigenvalue weighted by atomic mass is 32.1. The second-order valence-corrected chi connectivity index (χ2v) is 8.22. The van der Waals surface area contributed by atoms with Gasteiger partial charge in [-0.2, -0.15) is 0 Å². The van der Waals surface area contributed by atoms with Crippen LogP contribution in [0.5, 0.6) is 0 Å². The summed E-state index contributed by atoms with van der Waals surface area (Å²) < 4.78 is 5.13. The minimum absolute atomic E-state index is 0.00404. The molecule has 0 N–H and O–H groups in total. The Morgan fingerprint density at radius 2 is 1.80 bits per heavy atom. The number of benzene rings is 1. The number of fused-ring (bicyclic) bond motifs is 1. The number of rotatable bonds is 9. The standard InChI is InChI=1S/C23H22N2O4S/c26-21(8-3-11-25-22(27)19-6-1-2-7-20(19)23(25)28)24(15-17-10-13-29-16-17)12-9-18-5-4-14-30-18/h1-2,4-7,10,13-14,16H,3,8-9,11-12,15H2. The molecule has 0 unspecified atom stereocenters. The molecule has 1 aromatic carbocycles. The summed E-state index contributed by atoms with van der Waals surface area (Å²) in [5.74, 6) is -0.559. The van der Waals surface area contributed by atoms with E-state index >= 15 is 0 Å². The highest BCUT2D eigenvalue weighted by Crippen LogP contribution is 2.23. The number of thiophene rings is 1. The Kier molecular flexibility index (Phi) is 6.09. The fourth-order valence-electron chi connectivity index (χ4n) is 3.58. The fourth-order valence-corrected chi connectivity index (χ4v) is 4.28. The van der Waals surface area contributed by atoms with Crippen LogP contribution in [0.4, 0.5) is 0 Å². The third-order valence-corrected chi connectivity index (χ3v) is 6.10. The smallest absolute Gasteiger partial charge is 0.261 e. The normalized spacial score (nSPS) is 13.0. The Bertz CT molecular complexity index is 992. The van der Waals surface area contributed by atoms with Gasteiger partial charge in [0.1, 0.15) is 0 Å². The SMILES string of the molecule is O=C(CCCN1C(=O)c2ccccc2C1=O)N(CCc1cccs1)Cc1ccoc1. The second kappa shape index (κ2) is 9.09. The van der Waals surface area contributed by atoms with E-state index < -0.39 is 0 Å². The van der Waals surface area contributed by atoms with Crippen LogP contribution in [0.1, 0.15) is 44.0 Å². The maximum atomic E-state index is 12.9. The van der Waals surface area contributed by atoms with Crippen LogP contribution in [0, 0.1) is 0 Å². The first-order chi connectivity index (χ1) is 14.6. The molecule has 0 radical (unpaired) electrons. The topological polar surface area (TPSA) is 70.8 Å². The lowest BCUT2D eigenvalue weighted by Gasteiger charge is -2.22. The lowest BCUT2D eigenvalue weighted by Crippen LogP contribution is -2.34. The van der Waals surface area contributed by atoms with Crippen molar-refractivity contribution in [1.29, 1.82) is 0 Å². The van der Waals surface area contributed by atoms with E-state index in [4.69, 9.17) is 4.42 Å². The number of hydrogen-bond donors (Lipinski definition) is 0. The third-order valence-electron chi connectivity index (χ3n) is 5.17. The predicted molar refractivity (Wildman–Crippen MR) is 113 cm³/mol. The minimum Gasteiger partial charge on any atom is -0.472 e. The molecular weight excluding hydrogens is 400 g/mol. The average molecular weight is 423 g/mol. The Morgan fingerprint density at radius 1 is 1.03 bits per heavy atom. The molecule has 3 heterocycles. The number of amides is 3. The molecule has 0 atom stereocenters. The first-order valence-corrected chi connectivity index (χ1v) is 10.8. The molecule has 0 spiro atoms. The maximum Gasteiger partial charge on any atom is 0.261 e. The fraction of sp³-hybridized carbons (Fsp3) is 0.261. The highest BCUT2D eigenvalue weighted by molar-refractivity contribution is 7.09. The van der Waals surface area contributed by atoms with Crippen molar-refractivity contribution in [2.75, 3.05) is 13.1 Å². The molecule has 154 valence electrons. The van der Waals surface area contributed by atoms with Gasteiger partial charge in [-0.3, -0.25) is 19.3 Å². The molecule has 0 bridgehead atoms. The Morgan fingerprint density at radius 3 is 2.43 bits per heavy atom. The first kappa shape index (κ1) is 20.1. The predicted octanol–water partition coefficient (Wildman–Crippen LogP) is 3.99. The lowest BCUT2D eigenvalue weighted by molar-refractivity contribution is -0.132. The van der Waals surface area contributed by atoms with E-state index in [2.05, 4.69) is 6.07 Å². The van der Waals surface area contributed by atoms with E-state index in [9.17, 15) is 14.4 Å². The highest BCUT2D eigenvalue weighted by Gasteiger charge is 2.34. The van der Waals surface area contributed by atoms with Crippen molar-refractivity contribution in [2.24, 2.45) is 0 Å². The third kappa shape index (κ3) is 4.36. The summed E-state index contributed by atoms with van der Waals surface area (Å²) in [5.41, 5.74) is 1.81. The Hall–Kier alpha value is -3.19. The van der Waals surface area contributed by atoms with Gasteiger partial charge in [0.05, 0.1) is 23.7 Å². The van der Waals surface area contributed by atoms with Crippen molar-refractivity contribution < 1.29 is 18.8 Å². The zero-order valence-electron chi connectivity index (χ0n) is 16.5. The molecule has 0 saturated heterocycles. The molecule has 4 rings (SSSR count). The van der Waals surface area contributed by atoms with Gasteiger partial charge in [-0.15, -0.1) is 11.3 Å². The van der Waals surface area contributed by atoms with Crippen LogP contribution < -0.4 is 0 Å². The molecule has 0 fully saturated rings. The molecule has 6 nitrogen and oxygen atoms in total. The van der Waals surface area contributed by atoms with E-state index in [-0.39, 0.29) is 30.7 Å². The lowest BCUT2D eigenvalue weighted by atomic mass is 10.1. The van der Waals surface area contributed by atoms with Crippen LogP contribution in [0.25, 0.3) is 0 Å². The van der Waals surface area contributed by atoms with E-state index in [0.29, 0.717) is 30.6 Å². The van der Waals surface area contributed by atoms with Gasteiger partial charge in [0.15, 0.2) is 0 Å². The van der Waals surface area contributed by atoms with Crippen LogP contribution in [-0.4, -0.2) is 40.6 Å². The van der Waals surface area contributed by atoms with Crippen molar-refractivity contribution in [3.63, 3.8) is 0 Å². The van der Waals surface area contributed by atoms with Crippen LogP contribution >= 0.6 is 11.3 Å². The zero-order valence-corrected chi connectivity index (χ0v) is 17.3. The van der Waals surface area contributed by atoms with Crippen LogP contribution in [0.3, 0.4) is 0 Å². The monoisotopic (exact) mass is 422 g/mol. The van der Waals surface area contributed by atoms with E-state index in [1.165, 1.54) is 9.78 Å². The van der Waals surface area contributed by atoms with Gasteiger partial charge in [0.2, 0.25) is 5.91 Å². The first-order valence-electron chi connectivity index (χ1n) is 9.90. The minimum atomic E-state index is -0.281. The van der Waals surface area contributed by atoms with Gasteiger partial charge in [-0.1, -0.05) is 18.2 Å². The Balaban J connectivity index is 1.34. The number of nitrogens with zero attached hydrogens (tertiary/aromatic N) is 2. The van der Waals surface area contributed by atoms with Crippen LogP contribution in [-0.2, 0) is 17.8 Å². The average Bonchev–Trinajstić information content (AvgIpc) is 3.50. The summed E-state index contributed by atoms with van der Waals surface area (Å²) in [6.07, 6.45) is 4.74. The molecule has 1 aliphatic rings. The number of furan rings is 1. The molecule has 1 aliphatic heterocycles. The van der Waals surface area contributed by atoms with E-state index in [0.717, 1.165) is 12.0 Å². The van der Waals surface area contributed by atoms with Gasteiger partial charge in [0.25, 0.3) is 11.8 Å². The van der Waals surface area contributed by atoms with Gasteiger partial charge in [0, 0.05) is 36.5 Å². The van der Waals surface area contributed by atoms with Gasteiger partial charge >= 0.3 is 0 Å². The number of hydrogen-bond acceptors (Lipinski definition) is 5. The number of carbonyl (C=O) groups excluding carboxylic acids is 3. The van der Waals surface area contributed by atoms with Gasteiger partial charge in [-0.25, -0.2) is 0 Å². The maximum absolute atomic E-state index is 12.9. The number of imide groups is 1. The van der Waals surface area contributed by atoms with Crippen LogP contribution in [0.15, 0.2) is 64.8 Å². The summed E-state index contributed by atoms with van der Waals surface area (Å²) in [4.78, 5) is 42.1. The van der Waals surface area contributed by atoms with Gasteiger partial charge < -0.3 is 9.32 Å². The van der Waals surface area contributed by atoms with Crippen molar-refractivity contribution in [2.45, 2.75) is 25.8 Å². The van der Waals surface area contributed by atoms with Crippen molar-refractivity contribution >= 4 is 29.1 Å². The molecule has 30 heavy (non-hydrogen) atoms. The summed E-state index contributed by atoms with van der Waals surface area (Å²) in [6.45, 7) is 1.33. The largest absolute Gasteiger partial charge is 0.472 e. The molecule has 0 aliphatic carbocycles. The molecule has 3 amide bonds. The quantitative estimate of drug-likeness (QED) is 0.489. The molecule has 3 aromatic rings. The summed E-state index contributed by atoms with van der Waals surface area (Å²) in [7, 11) is 0. The van der Waals surface area contributed by atoms with Crippen molar-refractivity contribution in [3.05, 3.63) is 81.9 Å². The van der Waals surface area contributed by atoms with E-state index in [1.54, 1.807) is 48.1 Å². The summed E-state index contributed by atoms with van der Waals surface area (Å²) in [5, 5.41) is 2.03.